The number of sulfonamides is 1. The van der Waals surface area contributed by atoms with Crippen LogP contribution in [0, 0.1) is 23.3 Å². The fraction of sp³-hybridized carbons (Fsp3) is 0.286. The highest BCUT2D eigenvalue weighted by Gasteiger charge is 2.32. The van der Waals surface area contributed by atoms with Crippen LogP contribution in [0.1, 0.15) is 0 Å². The number of nitrogens with zero attached hydrogens (tertiary/aromatic N) is 4. The van der Waals surface area contributed by atoms with E-state index in [1.54, 1.807) is 0 Å². The molecule has 1 fully saturated rings. The summed E-state index contributed by atoms with van der Waals surface area (Å²) in [5.41, 5.74) is -2.33. The molecule has 0 radical (unpaired) electrons. The zero-order valence-corrected chi connectivity index (χ0v) is 15.5. The maximum absolute atomic E-state index is 14.7. The van der Waals surface area contributed by atoms with Gasteiger partial charge in [0.25, 0.3) is 10.0 Å². The predicted molar refractivity (Wildman–Crippen MR) is 90.5 cm³/mol. The minimum atomic E-state index is -4.20. The highest BCUT2D eigenvalue weighted by Crippen LogP contribution is 2.37. The summed E-state index contributed by atoms with van der Waals surface area (Å²) in [6.45, 7) is 0.435. The molecule has 3 aromatic rings. The number of fused-ring (bicyclic) bond motifs is 1. The van der Waals surface area contributed by atoms with Crippen molar-refractivity contribution in [3.8, 4) is 11.3 Å². The SMILES string of the molecule is NS(=O)(=O)c1nn2c(-c3c(F)c(F)c(N4CCOCC4)c(F)c3F)cnc2s1. The summed E-state index contributed by atoms with van der Waals surface area (Å²) in [5.74, 6) is -6.44. The number of primary sulfonamides is 1. The van der Waals surface area contributed by atoms with E-state index in [0.717, 1.165) is 15.6 Å². The maximum Gasteiger partial charge on any atom is 0.267 e. The second kappa shape index (κ2) is 6.65. The lowest BCUT2D eigenvalue weighted by atomic mass is 10.1. The molecular weight excluding hydrogens is 426 g/mol. The number of rotatable bonds is 3. The van der Waals surface area contributed by atoms with Gasteiger partial charge in [0.05, 0.1) is 30.7 Å². The van der Waals surface area contributed by atoms with Crippen LogP contribution in [0.5, 0.6) is 0 Å². The molecule has 0 spiro atoms. The maximum atomic E-state index is 14.7. The quantitative estimate of drug-likeness (QED) is 0.492. The first-order valence-electron chi connectivity index (χ1n) is 7.76. The van der Waals surface area contributed by atoms with E-state index in [9.17, 15) is 26.0 Å². The number of anilines is 1. The Balaban J connectivity index is 1.92. The molecule has 1 aliphatic heterocycles. The number of hydrogen-bond acceptors (Lipinski definition) is 7. The summed E-state index contributed by atoms with van der Waals surface area (Å²) in [6, 6.07) is 0. The van der Waals surface area contributed by atoms with Crippen LogP contribution in [0.2, 0.25) is 0 Å². The zero-order chi connectivity index (χ0) is 20.2. The van der Waals surface area contributed by atoms with E-state index in [2.05, 4.69) is 10.1 Å². The molecule has 0 aliphatic carbocycles. The number of aromatic nitrogens is 3. The highest BCUT2D eigenvalue weighted by atomic mass is 32.2. The molecule has 1 aliphatic rings. The molecule has 0 amide bonds. The number of hydrogen-bond donors (Lipinski definition) is 1. The van der Waals surface area contributed by atoms with E-state index >= 15 is 0 Å². The van der Waals surface area contributed by atoms with Gasteiger partial charge in [-0.2, -0.15) is 0 Å². The third-order valence-electron chi connectivity index (χ3n) is 4.13. The van der Waals surface area contributed by atoms with Crippen molar-refractivity contribution in [2.24, 2.45) is 5.14 Å². The van der Waals surface area contributed by atoms with Crippen molar-refractivity contribution < 1.29 is 30.7 Å². The Morgan fingerprint density at radius 1 is 1.07 bits per heavy atom. The van der Waals surface area contributed by atoms with E-state index in [4.69, 9.17) is 9.88 Å². The lowest BCUT2D eigenvalue weighted by molar-refractivity contribution is 0.122. The molecule has 0 saturated carbocycles. The molecule has 3 heterocycles. The Hall–Kier alpha value is -2.29. The first kappa shape index (κ1) is 19.0. The summed E-state index contributed by atoms with van der Waals surface area (Å²) in [7, 11) is -4.20. The van der Waals surface area contributed by atoms with Crippen molar-refractivity contribution >= 4 is 32.0 Å². The van der Waals surface area contributed by atoms with Crippen LogP contribution >= 0.6 is 11.3 Å². The van der Waals surface area contributed by atoms with Crippen LogP contribution < -0.4 is 10.0 Å². The summed E-state index contributed by atoms with van der Waals surface area (Å²) in [4.78, 5) is 4.85. The standard InChI is InChI=1S/C14H11F4N5O3S2/c15-8-7(6-5-20-13-23(6)21-14(27-13)28(19,24)25)9(16)11(18)12(10(8)17)22-1-3-26-4-2-22/h5H,1-4H2,(H2,19,24,25). The van der Waals surface area contributed by atoms with E-state index in [-0.39, 0.29) is 31.3 Å². The van der Waals surface area contributed by atoms with E-state index in [1.807, 2.05) is 0 Å². The topological polar surface area (TPSA) is 103 Å². The van der Waals surface area contributed by atoms with Crippen LogP contribution in [0.15, 0.2) is 10.5 Å². The molecule has 2 N–H and O–H groups in total. The van der Waals surface area contributed by atoms with Gasteiger partial charge in [0.1, 0.15) is 5.69 Å². The molecule has 1 aromatic carbocycles. The molecule has 2 aromatic heterocycles. The lowest BCUT2D eigenvalue weighted by Gasteiger charge is -2.29. The normalized spacial score (nSPS) is 15.5. The summed E-state index contributed by atoms with van der Waals surface area (Å²) >= 11 is 0.539. The van der Waals surface area contributed by atoms with Gasteiger partial charge in [-0.25, -0.2) is 40.6 Å². The van der Waals surface area contributed by atoms with Crippen molar-refractivity contribution in [2.45, 2.75) is 4.34 Å². The Bertz CT molecular complexity index is 1160. The smallest absolute Gasteiger partial charge is 0.267 e. The molecule has 28 heavy (non-hydrogen) atoms. The van der Waals surface area contributed by atoms with Crippen molar-refractivity contribution in [1.29, 1.82) is 0 Å². The molecule has 14 heteroatoms. The van der Waals surface area contributed by atoms with Crippen LogP contribution in [0.25, 0.3) is 16.2 Å². The van der Waals surface area contributed by atoms with Gasteiger partial charge in [-0.3, -0.25) is 0 Å². The molecular formula is C14H11F4N5O3S2. The summed E-state index contributed by atoms with van der Waals surface area (Å²) < 4.78 is 86.9. The number of imidazole rings is 1. The highest BCUT2D eigenvalue weighted by molar-refractivity contribution is 7.91. The number of nitrogens with two attached hydrogens (primary N) is 1. The first-order chi connectivity index (χ1) is 13.2. The van der Waals surface area contributed by atoms with E-state index < -0.39 is 54.6 Å². The number of benzene rings is 1. The van der Waals surface area contributed by atoms with Crippen LogP contribution in [0.3, 0.4) is 0 Å². The van der Waals surface area contributed by atoms with Crippen LogP contribution in [0.4, 0.5) is 23.2 Å². The second-order valence-corrected chi connectivity index (χ2v) is 8.52. The Morgan fingerprint density at radius 3 is 2.25 bits per heavy atom. The van der Waals surface area contributed by atoms with Crippen molar-refractivity contribution in [3.05, 3.63) is 29.5 Å². The third-order valence-corrected chi connectivity index (χ3v) is 6.37. The monoisotopic (exact) mass is 437 g/mol. The van der Waals surface area contributed by atoms with E-state index in [1.165, 1.54) is 0 Å². The Morgan fingerprint density at radius 2 is 1.68 bits per heavy atom. The van der Waals surface area contributed by atoms with Gasteiger partial charge >= 0.3 is 0 Å². The van der Waals surface area contributed by atoms with Gasteiger partial charge in [0.15, 0.2) is 23.3 Å². The number of morpholine rings is 1. The molecule has 1 saturated heterocycles. The second-order valence-electron chi connectivity index (χ2n) is 5.83. The summed E-state index contributed by atoms with van der Waals surface area (Å²) in [6.07, 6.45) is 0.931. The zero-order valence-electron chi connectivity index (χ0n) is 13.8. The summed E-state index contributed by atoms with van der Waals surface area (Å²) in [5, 5.41) is 8.60. The molecule has 0 unspecified atom stereocenters. The van der Waals surface area contributed by atoms with Gasteiger partial charge in [-0.1, -0.05) is 11.3 Å². The van der Waals surface area contributed by atoms with Gasteiger partial charge in [-0.05, 0) is 0 Å². The minimum absolute atomic E-state index is 0.0623. The molecule has 0 bridgehead atoms. The van der Waals surface area contributed by atoms with Crippen molar-refractivity contribution in [1.82, 2.24) is 14.6 Å². The van der Waals surface area contributed by atoms with Gasteiger partial charge in [0, 0.05) is 13.1 Å². The predicted octanol–water partition coefficient (Wildman–Crippen LogP) is 1.50. The molecule has 8 nitrogen and oxygen atoms in total. The van der Waals surface area contributed by atoms with Gasteiger partial charge in [-0.15, -0.1) is 5.10 Å². The van der Waals surface area contributed by atoms with E-state index in [0.29, 0.717) is 11.3 Å². The molecule has 0 atom stereocenters. The van der Waals surface area contributed by atoms with Crippen LogP contribution in [-0.2, 0) is 14.8 Å². The fourth-order valence-corrected chi connectivity index (χ4v) is 4.36. The van der Waals surface area contributed by atoms with Crippen LogP contribution in [-0.4, -0.2) is 49.3 Å². The van der Waals surface area contributed by atoms with Gasteiger partial charge < -0.3 is 9.64 Å². The third kappa shape index (κ3) is 2.92. The lowest BCUT2D eigenvalue weighted by Crippen LogP contribution is -2.37. The average molecular weight is 437 g/mol. The average Bonchev–Trinajstić information content (AvgIpc) is 3.23. The number of ether oxygens (including phenoxy) is 1. The first-order valence-corrected chi connectivity index (χ1v) is 10.1. The Kier molecular flexibility index (Phi) is 4.52. The van der Waals surface area contributed by atoms with Gasteiger partial charge in [0.2, 0.25) is 9.30 Å². The number of halogens is 4. The molecule has 4 rings (SSSR count). The van der Waals surface area contributed by atoms with Crippen molar-refractivity contribution in [2.75, 3.05) is 31.2 Å². The largest absolute Gasteiger partial charge is 0.378 e. The van der Waals surface area contributed by atoms with Crippen molar-refractivity contribution in [3.63, 3.8) is 0 Å². The molecule has 150 valence electrons. The fourth-order valence-electron chi connectivity index (χ4n) is 2.87. The Labute approximate surface area is 159 Å². The minimum Gasteiger partial charge on any atom is -0.378 e.